The van der Waals surface area contributed by atoms with Gasteiger partial charge in [-0.05, 0) is 63.2 Å². The number of piperidine rings is 1. The minimum absolute atomic E-state index is 0.0406. The van der Waals surface area contributed by atoms with E-state index in [1.54, 1.807) is 23.7 Å². The predicted octanol–water partition coefficient (Wildman–Crippen LogP) is 3.72. The maximum Gasteiger partial charge on any atom is 0.309 e. The highest BCUT2D eigenvalue weighted by Crippen LogP contribution is 2.22. The van der Waals surface area contributed by atoms with Crippen LogP contribution >= 0.6 is 12.2 Å². The lowest BCUT2D eigenvalue weighted by atomic mass is 9.97. The minimum atomic E-state index is -0.469. The summed E-state index contributed by atoms with van der Waals surface area (Å²) in [4.78, 5) is 14.3. The second-order valence-corrected chi connectivity index (χ2v) is 7.05. The number of rotatable bonds is 7. The van der Waals surface area contributed by atoms with Crippen LogP contribution in [0.1, 0.15) is 38.7 Å². The molecular formula is C19H24FN3O4S. The smallest absolute Gasteiger partial charge is 0.309 e. The molecular weight excluding hydrogens is 385 g/mol. The Bertz CT molecular complexity index is 844. The number of ether oxygens (including phenoxy) is 2. The van der Waals surface area contributed by atoms with Crippen molar-refractivity contribution in [3.63, 3.8) is 0 Å². The Morgan fingerprint density at radius 1 is 1.36 bits per heavy atom. The molecule has 1 aromatic carbocycles. The molecule has 0 amide bonds. The summed E-state index contributed by atoms with van der Waals surface area (Å²) < 4.78 is 31.0. The van der Waals surface area contributed by atoms with E-state index in [2.05, 4.69) is 10.00 Å². The number of benzene rings is 1. The summed E-state index contributed by atoms with van der Waals surface area (Å²) in [5.41, 5.74) is 0. The standard InChI is InChI=1S/C19H24FN3O4S/c1-3-25-18(24)14-8-10-22(11-9-14)12-23-19(28)27-17(21-23)13(2)26-16-6-4-15(20)5-7-16/h4-7,13-14H,3,8-12H2,1-2H3/t13-/m0/s1. The molecule has 0 N–H and O–H groups in total. The molecule has 0 saturated carbocycles. The van der Waals surface area contributed by atoms with Crippen LogP contribution in [0.5, 0.6) is 5.75 Å². The molecule has 2 heterocycles. The Kier molecular flexibility index (Phi) is 6.79. The van der Waals surface area contributed by atoms with Crippen LogP contribution in [0.15, 0.2) is 28.7 Å². The van der Waals surface area contributed by atoms with E-state index < -0.39 is 6.10 Å². The molecule has 9 heteroatoms. The van der Waals surface area contributed by atoms with E-state index in [0.29, 0.717) is 24.9 Å². The van der Waals surface area contributed by atoms with Gasteiger partial charge in [-0.1, -0.05) is 0 Å². The highest BCUT2D eigenvalue weighted by atomic mass is 32.1. The zero-order valence-electron chi connectivity index (χ0n) is 16.0. The summed E-state index contributed by atoms with van der Waals surface area (Å²) in [7, 11) is 0. The van der Waals surface area contributed by atoms with Gasteiger partial charge in [0.15, 0.2) is 6.10 Å². The van der Waals surface area contributed by atoms with Crippen molar-refractivity contribution in [2.75, 3.05) is 19.7 Å². The highest BCUT2D eigenvalue weighted by molar-refractivity contribution is 7.71. The lowest BCUT2D eigenvalue weighted by molar-refractivity contribution is -0.149. The first-order chi connectivity index (χ1) is 13.5. The normalized spacial score (nSPS) is 16.7. The van der Waals surface area contributed by atoms with Crippen molar-refractivity contribution in [2.45, 2.75) is 39.5 Å². The maximum absolute atomic E-state index is 13.0. The molecule has 1 aromatic heterocycles. The van der Waals surface area contributed by atoms with Crippen LogP contribution in [0.4, 0.5) is 4.39 Å². The molecule has 28 heavy (non-hydrogen) atoms. The molecule has 0 radical (unpaired) electrons. The first-order valence-corrected chi connectivity index (χ1v) is 9.76. The number of carbonyl (C=O) groups is 1. The van der Waals surface area contributed by atoms with Gasteiger partial charge in [0.25, 0.3) is 10.7 Å². The quantitative estimate of drug-likeness (QED) is 0.510. The van der Waals surface area contributed by atoms with Crippen LogP contribution in [0.2, 0.25) is 0 Å². The van der Waals surface area contributed by atoms with E-state index in [1.807, 2.05) is 6.92 Å². The molecule has 152 valence electrons. The van der Waals surface area contributed by atoms with Gasteiger partial charge in [0, 0.05) is 13.1 Å². The summed E-state index contributed by atoms with van der Waals surface area (Å²) >= 11 is 5.27. The van der Waals surface area contributed by atoms with E-state index in [9.17, 15) is 9.18 Å². The van der Waals surface area contributed by atoms with Gasteiger partial charge in [0.2, 0.25) is 0 Å². The number of hydrogen-bond acceptors (Lipinski definition) is 7. The van der Waals surface area contributed by atoms with Crippen LogP contribution < -0.4 is 4.74 Å². The van der Waals surface area contributed by atoms with Crippen molar-refractivity contribution < 1.29 is 23.1 Å². The van der Waals surface area contributed by atoms with Gasteiger partial charge < -0.3 is 13.9 Å². The van der Waals surface area contributed by atoms with Crippen LogP contribution in [-0.2, 0) is 16.2 Å². The molecule has 1 atom stereocenters. The molecule has 1 saturated heterocycles. The SMILES string of the molecule is CCOC(=O)C1CCN(Cn2nc([C@H](C)Oc3ccc(F)cc3)oc2=S)CC1. The number of likely N-dealkylation sites (tertiary alicyclic amines) is 1. The fourth-order valence-electron chi connectivity index (χ4n) is 3.10. The van der Waals surface area contributed by atoms with E-state index in [0.717, 1.165) is 25.9 Å². The van der Waals surface area contributed by atoms with Crippen LogP contribution in [0.25, 0.3) is 0 Å². The first kappa shape index (κ1) is 20.5. The fourth-order valence-corrected chi connectivity index (χ4v) is 3.29. The third kappa shape index (κ3) is 5.17. The van der Waals surface area contributed by atoms with Crippen molar-refractivity contribution in [3.8, 4) is 5.75 Å². The van der Waals surface area contributed by atoms with Gasteiger partial charge in [-0.15, -0.1) is 5.10 Å². The summed E-state index contributed by atoms with van der Waals surface area (Å²) in [6, 6.07) is 5.75. The third-order valence-corrected chi connectivity index (χ3v) is 4.93. The number of halogens is 1. The van der Waals surface area contributed by atoms with Gasteiger partial charge in [-0.2, -0.15) is 0 Å². The van der Waals surface area contributed by atoms with Crippen molar-refractivity contribution in [3.05, 3.63) is 40.8 Å². The van der Waals surface area contributed by atoms with Gasteiger partial charge in [-0.3, -0.25) is 9.69 Å². The molecule has 7 nitrogen and oxygen atoms in total. The average molecular weight is 409 g/mol. The monoisotopic (exact) mass is 409 g/mol. The number of hydrogen-bond donors (Lipinski definition) is 0. The minimum Gasteiger partial charge on any atom is -0.481 e. The molecule has 2 aromatic rings. The van der Waals surface area contributed by atoms with Gasteiger partial charge in [0.05, 0.1) is 19.2 Å². The van der Waals surface area contributed by atoms with Gasteiger partial charge in [0.1, 0.15) is 11.6 Å². The zero-order valence-corrected chi connectivity index (χ0v) is 16.8. The summed E-state index contributed by atoms with van der Waals surface area (Å²) in [5.74, 6) is 0.394. The first-order valence-electron chi connectivity index (χ1n) is 9.35. The number of aromatic nitrogens is 2. The lowest BCUT2D eigenvalue weighted by Gasteiger charge is -2.30. The Balaban J connectivity index is 1.56. The van der Waals surface area contributed by atoms with E-state index in [4.69, 9.17) is 26.1 Å². The number of esters is 1. The average Bonchev–Trinajstić information content (AvgIpc) is 3.05. The second kappa shape index (κ2) is 9.29. The van der Waals surface area contributed by atoms with Crippen molar-refractivity contribution in [2.24, 2.45) is 5.92 Å². The van der Waals surface area contributed by atoms with E-state index in [-0.39, 0.29) is 22.5 Å². The van der Waals surface area contributed by atoms with E-state index in [1.165, 1.54) is 12.1 Å². The molecule has 0 aliphatic carbocycles. The molecule has 0 bridgehead atoms. The summed E-state index contributed by atoms with van der Waals surface area (Å²) in [6.07, 6.45) is 1.03. The molecule has 0 unspecified atom stereocenters. The predicted molar refractivity (Wildman–Crippen MR) is 102 cm³/mol. The van der Waals surface area contributed by atoms with E-state index >= 15 is 0 Å². The van der Waals surface area contributed by atoms with Crippen LogP contribution in [0, 0.1) is 16.6 Å². The molecule has 3 rings (SSSR count). The Morgan fingerprint density at radius 3 is 2.68 bits per heavy atom. The highest BCUT2D eigenvalue weighted by Gasteiger charge is 2.26. The zero-order chi connectivity index (χ0) is 20.1. The Hall–Kier alpha value is -2.26. The van der Waals surface area contributed by atoms with Crippen LogP contribution in [-0.4, -0.2) is 40.3 Å². The van der Waals surface area contributed by atoms with Gasteiger partial charge >= 0.3 is 5.97 Å². The topological polar surface area (TPSA) is 69.7 Å². The second-order valence-electron chi connectivity index (χ2n) is 6.71. The number of nitrogens with zero attached hydrogens (tertiary/aromatic N) is 3. The van der Waals surface area contributed by atoms with Crippen molar-refractivity contribution in [1.29, 1.82) is 0 Å². The summed E-state index contributed by atoms with van der Waals surface area (Å²) in [5, 5.41) is 4.41. The lowest BCUT2D eigenvalue weighted by Crippen LogP contribution is -2.38. The largest absolute Gasteiger partial charge is 0.481 e. The van der Waals surface area contributed by atoms with Gasteiger partial charge in [-0.25, -0.2) is 9.07 Å². The molecule has 1 aliphatic rings. The van der Waals surface area contributed by atoms with Crippen LogP contribution in [0.3, 0.4) is 0 Å². The molecule has 1 fully saturated rings. The Labute approximate surface area is 168 Å². The Morgan fingerprint density at radius 2 is 2.04 bits per heavy atom. The maximum atomic E-state index is 13.0. The third-order valence-electron chi connectivity index (χ3n) is 4.64. The molecule has 0 spiro atoms. The summed E-state index contributed by atoms with van der Waals surface area (Å²) in [6.45, 7) is 6.02. The molecule has 1 aliphatic heterocycles. The van der Waals surface area contributed by atoms with Crippen molar-refractivity contribution in [1.82, 2.24) is 14.7 Å². The van der Waals surface area contributed by atoms with Crippen molar-refractivity contribution >= 4 is 18.2 Å². The number of carbonyl (C=O) groups excluding carboxylic acids is 1. The fraction of sp³-hybridized carbons (Fsp3) is 0.526.